The Morgan fingerprint density at radius 3 is 2.60 bits per heavy atom. The molecule has 17 nitrogen and oxygen atoms in total. The fourth-order valence-corrected chi connectivity index (χ4v) is 10.7. The van der Waals surface area contributed by atoms with Gasteiger partial charge in [0.1, 0.15) is 47.0 Å². The third-order valence-corrected chi connectivity index (χ3v) is 14.6. The van der Waals surface area contributed by atoms with Gasteiger partial charge >= 0.3 is 12.1 Å². The van der Waals surface area contributed by atoms with Crippen LogP contribution in [0.5, 0.6) is 11.5 Å². The van der Waals surface area contributed by atoms with Crippen molar-refractivity contribution >= 4 is 61.3 Å². The summed E-state index contributed by atoms with van der Waals surface area (Å²) in [5.41, 5.74) is 0.224. The number of alkyl carbamates (subject to hydrolysis) is 1. The summed E-state index contributed by atoms with van der Waals surface area (Å²) in [5, 5.41) is 22.5. The van der Waals surface area contributed by atoms with Crippen LogP contribution in [0.4, 0.5) is 9.93 Å². The maximum absolute atomic E-state index is 14.8. The number of anilines is 1. The van der Waals surface area contributed by atoms with Gasteiger partial charge in [-0.25, -0.2) is 28.0 Å². The van der Waals surface area contributed by atoms with Crippen molar-refractivity contribution < 1.29 is 46.9 Å². The van der Waals surface area contributed by atoms with E-state index in [-0.39, 0.29) is 50.1 Å². The van der Waals surface area contributed by atoms with Crippen molar-refractivity contribution in [3.05, 3.63) is 41.8 Å². The van der Waals surface area contributed by atoms with Crippen LogP contribution >= 0.6 is 11.3 Å². The van der Waals surface area contributed by atoms with Gasteiger partial charge in [-0.3, -0.25) is 9.59 Å². The third kappa shape index (κ3) is 10.1. The van der Waals surface area contributed by atoms with E-state index < -0.39 is 69.6 Å². The number of hydrogen-bond donors (Lipinski definition) is 4. The van der Waals surface area contributed by atoms with E-state index in [0.717, 1.165) is 18.0 Å². The lowest BCUT2D eigenvalue weighted by Crippen LogP contribution is -2.56. The predicted molar refractivity (Wildman–Crippen MR) is 234 cm³/mol. The molecule has 0 radical (unpaired) electrons. The van der Waals surface area contributed by atoms with Gasteiger partial charge < -0.3 is 40.2 Å². The van der Waals surface area contributed by atoms with Crippen LogP contribution in [0.15, 0.2) is 41.8 Å². The summed E-state index contributed by atoms with van der Waals surface area (Å²) >= 11 is 1.45. The molecular weight excluding hydrogens is 839 g/mol. The number of amides is 3. The smallest absolute Gasteiger partial charge is 0.408 e. The van der Waals surface area contributed by atoms with Gasteiger partial charge in [-0.1, -0.05) is 38.8 Å². The highest BCUT2D eigenvalue weighted by atomic mass is 32.2. The van der Waals surface area contributed by atoms with Crippen molar-refractivity contribution in [2.24, 2.45) is 11.8 Å². The summed E-state index contributed by atoms with van der Waals surface area (Å²) in [7, 11) is -1.89. The molecule has 1 unspecified atom stereocenters. The molecule has 2 saturated heterocycles. The minimum Gasteiger partial charge on any atom is -0.497 e. The molecular formula is C43H57N7O10S2. The number of allylic oxidation sites excluding steroid dienone is 1. The van der Waals surface area contributed by atoms with Crippen molar-refractivity contribution in [1.29, 1.82) is 0 Å². The molecule has 6 atom stereocenters. The topological polar surface area (TPSA) is 219 Å². The Kier molecular flexibility index (Phi) is 13.6. The van der Waals surface area contributed by atoms with Crippen LogP contribution in [0, 0.1) is 11.8 Å². The normalized spacial score (nSPS) is 26.5. The van der Waals surface area contributed by atoms with E-state index in [0.29, 0.717) is 59.6 Å². The molecule has 3 aromatic rings. The van der Waals surface area contributed by atoms with Gasteiger partial charge in [0.15, 0.2) is 5.13 Å². The number of hydrogen-bond acceptors (Lipinski definition) is 13. The maximum Gasteiger partial charge on any atom is 0.408 e. The number of rotatable bonds is 12. The number of carbonyl (C=O) groups is 4. The van der Waals surface area contributed by atoms with Crippen LogP contribution < -0.4 is 25.4 Å². The number of aliphatic carboxylic acids is 1. The molecule has 3 aliphatic heterocycles. The molecule has 19 heteroatoms. The van der Waals surface area contributed by atoms with Gasteiger partial charge in [0.05, 0.1) is 37.2 Å². The zero-order chi connectivity index (χ0) is 44.3. The number of carbonyl (C=O) groups excluding carboxylic acids is 3. The molecule has 1 aliphatic carbocycles. The molecule has 336 valence electrons. The Morgan fingerprint density at radius 2 is 1.89 bits per heavy atom. The second-order valence-electron chi connectivity index (χ2n) is 17.3. The van der Waals surface area contributed by atoms with Gasteiger partial charge in [-0.15, -0.1) is 11.3 Å². The number of methoxy groups -OCH3 is 1. The van der Waals surface area contributed by atoms with Crippen molar-refractivity contribution in [3.63, 3.8) is 0 Å². The molecule has 1 saturated carbocycles. The van der Waals surface area contributed by atoms with Gasteiger partial charge in [-0.2, -0.15) is 4.31 Å². The molecule has 4 aliphatic rings. The Bertz CT molecular complexity index is 2300. The van der Waals surface area contributed by atoms with Crippen LogP contribution in [0.3, 0.4) is 0 Å². The SMILES string of the molecule is COc1ccc2c(O[C@@H]3C[C@H]4C(=O)N[C@]5(C(=O)O)CC5/C=C\CCCCC[C@H](NC(=O)O[C@H](CN5CCCS5(=O)=O)C(C)C)C(=O)N4C3)cc(-c3csc(NC(C)C)n3)nc2c1. The Morgan fingerprint density at radius 1 is 1.08 bits per heavy atom. The maximum atomic E-state index is 14.8. The number of sulfonamides is 1. The standard InChI is InChI=1S/C43H57N7O10S2/c1-25(2)37(23-49-16-11-17-62(49,56)57)60-42(55)47-31-13-10-8-6-7-9-12-27-21-43(27,40(53)54)48-38(51)35-19-29(22-50(35)39(31)52)59-36-20-33(34-24-61-41(46-34)44-26(3)4)45-32-18-28(58-5)14-15-30(32)36/h9,12,14-15,18,20,24-27,29,31,35,37H,6-8,10-11,13,16-17,19,21-23H2,1-5H3,(H,44,46)(H,47,55)(H,48,51)(H,53,54)/b12-9-/t27?,29-,31+,35+,37-,43-/m1/s1. The predicted octanol–water partition coefficient (Wildman–Crippen LogP) is 5.17. The summed E-state index contributed by atoms with van der Waals surface area (Å²) < 4.78 is 44.6. The van der Waals surface area contributed by atoms with Crippen molar-refractivity contribution in [1.82, 2.24) is 29.8 Å². The lowest BCUT2D eigenvalue weighted by atomic mass is 10.0. The first-order chi connectivity index (χ1) is 29.6. The van der Waals surface area contributed by atoms with Gasteiger partial charge in [0, 0.05) is 47.8 Å². The fraction of sp³-hybridized carbons (Fsp3) is 0.581. The number of aromatic nitrogens is 2. The first kappa shape index (κ1) is 45.0. The minimum atomic E-state index is -3.45. The van der Waals surface area contributed by atoms with Crippen LogP contribution in [-0.4, -0.2) is 125 Å². The highest BCUT2D eigenvalue weighted by Crippen LogP contribution is 2.45. The van der Waals surface area contributed by atoms with E-state index in [1.807, 2.05) is 51.3 Å². The van der Waals surface area contributed by atoms with Crippen LogP contribution in [0.25, 0.3) is 22.3 Å². The summed E-state index contributed by atoms with van der Waals surface area (Å²) in [6.07, 6.45) is 5.12. The zero-order valence-electron chi connectivity index (χ0n) is 35.8. The van der Waals surface area contributed by atoms with E-state index in [9.17, 15) is 32.7 Å². The lowest BCUT2D eigenvalue weighted by Gasteiger charge is -2.30. The Labute approximate surface area is 366 Å². The average Bonchev–Trinajstić information content (AvgIpc) is 3.50. The molecule has 3 amide bonds. The van der Waals surface area contributed by atoms with Gasteiger partial charge in [-0.05, 0) is 64.0 Å². The molecule has 0 bridgehead atoms. The molecule has 7 rings (SSSR count). The number of nitrogens with zero attached hydrogens (tertiary/aromatic N) is 4. The van der Waals surface area contributed by atoms with Crippen LogP contribution in [-0.2, 0) is 29.1 Å². The first-order valence-electron chi connectivity index (χ1n) is 21.4. The fourth-order valence-electron chi connectivity index (χ4n) is 8.36. The Balaban J connectivity index is 1.19. The van der Waals surface area contributed by atoms with E-state index in [1.165, 1.54) is 20.5 Å². The number of thiazole rings is 1. The van der Waals surface area contributed by atoms with Gasteiger partial charge in [0.2, 0.25) is 21.8 Å². The van der Waals surface area contributed by atoms with Crippen LogP contribution in [0.2, 0.25) is 0 Å². The molecule has 5 heterocycles. The molecule has 3 fully saturated rings. The Hall–Kier alpha value is -5.01. The van der Waals surface area contributed by atoms with E-state index >= 15 is 0 Å². The van der Waals surface area contributed by atoms with Crippen molar-refractivity contribution in [3.8, 4) is 22.9 Å². The largest absolute Gasteiger partial charge is 0.497 e. The first-order valence-corrected chi connectivity index (χ1v) is 23.9. The quantitative estimate of drug-likeness (QED) is 0.173. The lowest BCUT2D eigenvalue weighted by molar-refractivity contribution is -0.145. The van der Waals surface area contributed by atoms with Crippen molar-refractivity contribution in [2.75, 3.05) is 37.8 Å². The number of carboxylic acid groups (broad SMARTS) is 1. The van der Waals surface area contributed by atoms with E-state index in [2.05, 4.69) is 16.0 Å². The zero-order valence-corrected chi connectivity index (χ0v) is 37.4. The second-order valence-corrected chi connectivity index (χ2v) is 20.2. The summed E-state index contributed by atoms with van der Waals surface area (Å²) in [4.78, 5) is 66.5. The highest BCUT2D eigenvalue weighted by Gasteiger charge is 2.61. The number of ether oxygens (including phenoxy) is 3. The number of nitrogens with one attached hydrogen (secondary N) is 3. The summed E-state index contributed by atoms with van der Waals surface area (Å²) in [5.74, 6) is -1.91. The van der Waals surface area contributed by atoms with Crippen molar-refractivity contribution in [2.45, 2.75) is 115 Å². The second kappa shape index (κ2) is 18.8. The van der Waals surface area contributed by atoms with Crippen LogP contribution in [0.1, 0.15) is 79.1 Å². The monoisotopic (exact) mass is 895 g/mol. The molecule has 1 aromatic carbocycles. The molecule has 4 N–H and O–H groups in total. The number of carboxylic acids is 1. The third-order valence-electron chi connectivity index (χ3n) is 12.0. The molecule has 62 heavy (non-hydrogen) atoms. The summed E-state index contributed by atoms with van der Waals surface area (Å²) in [6.45, 7) is 7.99. The number of fused-ring (bicyclic) bond motifs is 3. The minimum absolute atomic E-state index is 0.00405. The van der Waals surface area contributed by atoms with E-state index in [1.54, 1.807) is 25.3 Å². The van der Waals surface area contributed by atoms with E-state index in [4.69, 9.17) is 24.2 Å². The average molecular weight is 896 g/mol. The number of benzene rings is 1. The molecule has 2 aromatic heterocycles. The highest BCUT2D eigenvalue weighted by molar-refractivity contribution is 7.89. The number of pyridine rings is 1. The summed E-state index contributed by atoms with van der Waals surface area (Å²) in [6, 6.07) is 5.10. The van der Waals surface area contributed by atoms with Gasteiger partial charge in [0.25, 0.3) is 0 Å². The molecule has 0 spiro atoms.